The van der Waals surface area contributed by atoms with Crippen molar-refractivity contribution in [3.05, 3.63) is 23.8 Å². The summed E-state index contributed by atoms with van der Waals surface area (Å²) in [5, 5.41) is 8.27. The lowest BCUT2D eigenvalue weighted by atomic mass is 10.1. The zero-order chi connectivity index (χ0) is 15.8. The molecule has 1 aromatic rings. The minimum atomic E-state index is -0.193. The van der Waals surface area contributed by atoms with E-state index < -0.39 is 0 Å². The molecule has 0 unspecified atom stereocenters. The van der Waals surface area contributed by atoms with Crippen molar-refractivity contribution in [1.29, 1.82) is 0 Å². The number of carbonyl (C=O) groups excluding carboxylic acids is 2. The minimum Gasteiger partial charge on any atom is -0.496 e. The number of hydrogen-bond acceptors (Lipinski definition) is 3. The molecule has 0 bridgehead atoms. The molecule has 1 aromatic carbocycles. The van der Waals surface area contributed by atoms with Crippen LogP contribution in [0.25, 0.3) is 0 Å². The van der Waals surface area contributed by atoms with Crippen LogP contribution < -0.4 is 20.7 Å². The summed E-state index contributed by atoms with van der Waals surface area (Å²) in [7, 11) is 1.59. The first kappa shape index (κ1) is 16.8. The molecule has 0 saturated carbocycles. The van der Waals surface area contributed by atoms with Gasteiger partial charge in [-0.1, -0.05) is 0 Å². The first-order chi connectivity index (χ1) is 9.92. The van der Waals surface area contributed by atoms with Gasteiger partial charge in [-0.2, -0.15) is 0 Å². The minimum absolute atomic E-state index is 0.0997. The van der Waals surface area contributed by atoms with E-state index in [-0.39, 0.29) is 18.0 Å². The van der Waals surface area contributed by atoms with Gasteiger partial charge in [-0.25, -0.2) is 4.79 Å². The van der Waals surface area contributed by atoms with Crippen molar-refractivity contribution in [3.8, 4) is 5.75 Å². The van der Waals surface area contributed by atoms with Gasteiger partial charge >= 0.3 is 6.03 Å². The van der Waals surface area contributed by atoms with Crippen molar-refractivity contribution in [2.75, 3.05) is 19.0 Å². The number of rotatable bonds is 6. The standard InChI is InChI=1S/C15H23N3O3/c1-10(2)17-15(20)16-8-7-12-9-13(18-11(3)19)5-6-14(12)21-4/h5-6,9-10H,7-8H2,1-4H3,(H,18,19)(H2,16,17,20). The highest BCUT2D eigenvalue weighted by atomic mass is 16.5. The predicted molar refractivity (Wildman–Crippen MR) is 82.7 cm³/mol. The molecular formula is C15H23N3O3. The van der Waals surface area contributed by atoms with Gasteiger partial charge in [-0.15, -0.1) is 0 Å². The van der Waals surface area contributed by atoms with Crippen molar-refractivity contribution in [3.63, 3.8) is 0 Å². The molecule has 0 heterocycles. The first-order valence-electron chi connectivity index (χ1n) is 6.91. The van der Waals surface area contributed by atoms with Crippen LogP contribution in [0.4, 0.5) is 10.5 Å². The Labute approximate surface area is 125 Å². The average molecular weight is 293 g/mol. The summed E-state index contributed by atoms with van der Waals surface area (Å²) in [5.41, 5.74) is 1.64. The number of benzene rings is 1. The summed E-state index contributed by atoms with van der Waals surface area (Å²) in [6.45, 7) is 5.75. The zero-order valence-corrected chi connectivity index (χ0v) is 12.9. The Morgan fingerprint density at radius 2 is 2.00 bits per heavy atom. The van der Waals surface area contributed by atoms with Crippen molar-refractivity contribution in [2.45, 2.75) is 33.2 Å². The molecule has 0 fully saturated rings. The van der Waals surface area contributed by atoms with Gasteiger partial charge < -0.3 is 20.7 Å². The van der Waals surface area contributed by atoms with E-state index >= 15 is 0 Å². The average Bonchev–Trinajstić information content (AvgIpc) is 2.37. The monoisotopic (exact) mass is 293 g/mol. The normalized spacial score (nSPS) is 10.1. The van der Waals surface area contributed by atoms with Crippen LogP contribution in [0, 0.1) is 0 Å². The van der Waals surface area contributed by atoms with E-state index in [0.29, 0.717) is 18.7 Å². The van der Waals surface area contributed by atoms with Crippen LogP contribution in [0.2, 0.25) is 0 Å². The van der Waals surface area contributed by atoms with Gasteiger partial charge in [0.05, 0.1) is 7.11 Å². The first-order valence-corrected chi connectivity index (χ1v) is 6.91. The topological polar surface area (TPSA) is 79.5 Å². The Hall–Kier alpha value is -2.24. The fourth-order valence-corrected chi connectivity index (χ4v) is 1.88. The number of ether oxygens (including phenoxy) is 1. The van der Waals surface area contributed by atoms with E-state index in [1.807, 2.05) is 19.9 Å². The fourth-order valence-electron chi connectivity index (χ4n) is 1.88. The van der Waals surface area contributed by atoms with Crippen LogP contribution in [0.3, 0.4) is 0 Å². The molecule has 21 heavy (non-hydrogen) atoms. The number of methoxy groups -OCH3 is 1. The lowest BCUT2D eigenvalue weighted by Gasteiger charge is -2.13. The van der Waals surface area contributed by atoms with Crippen LogP contribution in [0.5, 0.6) is 5.75 Å². The number of urea groups is 1. The third-order valence-electron chi connectivity index (χ3n) is 2.70. The molecular weight excluding hydrogens is 270 g/mol. The molecule has 6 nitrogen and oxygen atoms in total. The summed E-state index contributed by atoms with van der Waals surface area (Å²) in [6.07, 6.45) is 0.613. The van der Waals surface area contributed by atoms with Crippen LogP contribution >= 0.6 is 0 Å². The van der Waals surface area contributed by atoms with Gasteiger partial charge in [-0.05, 0) is 44.0 Å². The van der Waals surface area contributed by atoms with Crippen molar-refractivity contribution in [2.24, 2.45) is 0 Å². The second-order valence-electron chi connectivity index (χ2n) is 5.01. The second-order valence-corrected chi connectivity index (χ2v) is 5.01. The van der Waals surface area contributed by atoms with Gasteiger partial charge in [0.25, 0.3) is 0 Å². The molecule has 0 aliphatic heterocycles. The highest BCUT2D eigenvalue weighted by Crippen LogP contribution is 2.22. The lowest BCUT2D eigenvalue weighted by molar-refractivity contribution is -0.114. The molecule has 0 saturated heterocycles. The van der Waals surface area contributed by atoms with E-state index in [4.69, 9.17) is 4.74 Å². The third-order valence-corrected chi connectivity index (χ3v) is 2.70. The van der Waals surface area contributed by atoms with Gasteiger partial charge in [0, 0.05) is 25.2 Å². The van der Waals surface area contributed by atoms with Crippen molar-refractivity contribution in [1.82, 2.24) is 10.6 Å². The Balaban J connectivity index is 2.63. The molecule has 0 aliphatic rings. The van der Waals surface area contributed by atoms with Crippen LogP contribution in [-0.4, -0.2) is 31.6 Å². The molecule has 0 aromatic heterocycles. The number of hydrogen-bond donors (Lipinski definition) is 3. The zero-order valence-electron chi connectivity index (χ0n) is 12.9. The Morgan fingerprint density at radius 1 is 1.29 bits per heavy atom. The molecule has 6 heteroatoms. The summed E-state index contributed by atoms with van der Waals surface area (Å²) in [6, 6.07) is 5.34. The Bertz CT molecular complexity index is 501. The van der Waals surface area contributed by atoms with E-state index in [1.54, 1.807) is 19.2 Å². The summed E-state index contributed by atoms with van der Waals surface area (Å²) in [4.78, 5) is 22.6. The van der Waals surface area contributed by atoms with E-state index in [1.165, 1.54) is 6.92 Å². The lowest BCUT2D eigenvalue weighted by Crippen LogP contribution is -2.40. The SMILES string of the molecule is COc1ccc(NC(C)=O)cc1CCNC(=O)NC(C)C. The predicted octanol–water partition coefficient (Wildman–Crippen LogP) is 1.90. The smallest absolute Gasteiger partial charge is 0.314 e. The molecule has 1 rings (SSSR count). The highest BCUT2D eigenvalue weighted by Gasteiger charge is 2.07. The van der Waals surface area contributed by atoms with Crippen LogP contribution in [0.1, 0.15) is 26.3 Å². The molecule has 116 valence electrons. The molecule has 0 spiro atoms. The van der Waals surface area contributed by atoms with E-state index in [2.05, 4.69) is 16.0 Å². The quantitative estimate of drug-likeness (QED) is 0.749. The maximum Gasteiger partial charge on any atom is 0.314 e. The Kier molecular flexibility index (Phi) is 6.52. The van der Waals surface area contributed by atoms with E-state index in [9.17, 15) is 9.59 Å². The van der Waals surface area contributed by atoms with Gasteiger partial charge in [0.15, 0.2) is 0 Å². The number of nitrogens with one attached hydrogen (secondary N) is 3. The molecule has 0 radical (unpaired) electrons. The fraction of sp³-hybridized carbons (Fsp3) is 0.467. The van der Waals surface area contributed by atoms with E-state index in [0.717, 1.165) is 11.3 Å². The van der Waals surface area contributed by atoms with Gasteiger partial charge in [-0.3, -0.25) is 4.79 Å². The molecule has 0 aliphatic carbocycles. The number of anilines is 1. The summed E-state index contributed by atoms with van der Waals surface area (Å²) >= 11 is 0. The van der Waals surface area contributed by atoms with Gasteiger partial charge in [0.1, 0.15) is 5.75 Å². The molecule has 3 N–H and O–H groups in total. The number of amides is 3. The largest absolute Gasteiger partial charge is 0.496 e. The van der Waals surface area contributed by atoms with Crippen LogP contribution in [0.15, 0.2) is 18.2 Å². The maximum atomic E-state index is 11.5. The summed E-state index contributed by atoms with van der Waals surface area (Å²) < 4.78 is 5.29. The van der Waals surface area contributed by atoms with Crippen molar-refractivity contribution < 1.29 is 14.3 Å². The molecule has 0 atom stereocenters. The maximum absolute atomic E-state index is 11.5. The molecule has 3 amide bonds. The third kappa shape index (κ3) is 6.16. The summed E-state index contributed by atoms with van der Waals surface area (Å²) in [5.74, 6) is 0.607. The van der Waals surface area contributed by atoms with Crippen molar-refractivity contribution >= 4 is 17.6 Å². The highest BCUT2D eigenvalue weighted by molar-refractivity contribution is 5.88. The van der Waals surface area contributed by atoms with Crippen LogP contribution in [-0.2, 0) is 11.2 Å². The second kappa shape index (κ2) is 8.14. The Morgan fingerprint density at radius 3 is 2.57 bits per heavy atom. The van der Waals surface area contributed by atoms with Gasteiger partial charge in [0.2, 0.25) is 5.91 Å². The number of carbonyl (C=O) groups is 2.